The Bertz CT molecular complexity index is 1050. The van der Waals surface area contributed by atoms with Gasteiger partial charge < -0.3 is 9.64 Å². The van der Waals surface area contributed by atoms with Crippen molar-refractivity contribution in [2.24, 2.45) is 5.92 Å². The van der Waals surface area contributed by atoms with Crippen LogP contribution in [-0.2, 0) is 9.53 Å². The number of ether oxygens (including phenoxy) is 1. The summed E-state index contributed by atoms with van der Waals surface area (Å²) in [6.45, 7) is 3.15. The number of para-hydroxylation sites is 1. The number of benzene rings is 2. The Hall–Kier alpha value is -3.21. The summed E-state index contributed by atoms with van der Waals surface area (Å²) in [7, 11) is 1.41. The molecule has 1 amide bonds. The zero-order chi connectivity index (χ0) is 20.4. The lowest BCUT2D eigenvalue weighted by Crippen LogP contribution is -2.40. The van der Waals surface area contributed by atoms with Crippen LogP contribution in [0.1, 0.15) is 28.8 Å². The van der Waals surface area contributed by atoms with Gasteiger partial charge in [-0.2, -0.15) is 0 Å². The van der Waals surface area contributed by atoms with Gasteiger partial charge in [0.15, 0.2) is 0 Å². The number of likely N-dealkylation sites (tertiary alicyclic amines) is 1. The van der Waals surface area contributed by atoms with Gasteiger partial charge in [0.2, 0.25) is 0 Å². The topological polar surface area (TPSA) is 59.5 Å². The molecule has 0 N–H and O–H groups in total. The van der Waals surface area contributed by atoms with E-state index in [-0.39, 0.29) is 17.8 Å². The minimum atomic E-state index is -0.187. The number of esters is 1. The number of aromatic nitrogens is 1. The summed E-state index contributed by atoms with van der Waals surface area (Å²) in [5.41, 5.74) is 4.41. The van der Waals surface area contributed by atoms with Crippen LogP contribution < -0.4 is 0 Å². The minimum Gasteiger partial charge on any atom is -0.469 e. The molecule has 5 nitrogen and oxygen atoms in total. The molecule has 0 spiro atoms. The van der Waals surface area contributed by atoms with E-state index >= 15 is 0 Å². The van der Waals surface area contributed by atoms with Gasteiger partial charge in [0, 0.05) is 24.0 Å². The van der Waals surface area contributed by atoms with Gasteiger partial charge in [-0.25, -0.2) is 4.98 Å². The van der Waals surface area contributed by atoms with E-state index in [1.807, 2.05) is 66.4 Å². The number of fused-ring (bicyclic) bond motifs is 1. The second-order valence-corrected chi connectivity index (χ2v) is 7.53. The molecule has 1 aliphatic heterocycles. The smallest absolute Gasteiger partial charge is 0.308 e. The fraction of sp³-hybridized carbons (Fsp3) is 0.292. The van der Waals surface area contributed by atoms with Crippen LogP contribution in [0.3, 0.4) is 0 Å². The predicted octanol–water partition coefficient (Wildman–Crippen LogP) is 4.24. The highest BCUT2D eigenvalue weighted by Gasteiger charge is 2.29. The van der Waals surface area contributed by atoms with Crippen molar-refractivity contribution in [2.75, 3.05) is 20.2 Å². The maximum atomic E-state index is 13.4. The molecule has 2 aromatic carbocycles. The number of hydrogen-bond acceptors (Lipinski definition) is 4. The summed E-state index contributed by atoms with van der Waals surface area (Å²) in [5.74, 6) is -0.324. The zero-order valence-corrected chi connectivity index (χ0v) is 16.7. The van der Waals surface area contributed by atoms with Crippen LogP contribution in [0.4, 0.5) is 0 Å². The fourth-order valence-corrected chi connectivity index (χ4v) is 3.88. The number of methoxy groups -OCH3 is 1. The number of hydrogen-bond donors (Lipinski definition) is 0. The zero-order valence-electron chi connectivity index (χ0n) is 16.7. The molecule has 2 heterocycles. The Morgan fingerprint density at radius 1 is 1.03 bits per heavy atom. The molecule has 4 rings (SSSR count). The van der Waals surface area contributed by atoms with E-state index < -0.39 is 0 Å². The summed E-state index contributed by atoms with van der Waals surface area (Å²) in [6, 6.07) is 17.8. The molecule has 0 radical (unpaired) electrons. The number of rotatable bonds is 3. The number of carbonyl (C=O) groups is 2. The van der Waals surface area contributed by atoms with E-state index in [9.17, 15) is 9.59 Å². The predicted molar refractivity (Wildman–Crippen MR) is 113 cm³/mol. The quantitative estimate of drug-likeness (QED) is 0.630. The number of amides is 1. The summed E-state index contributed by atoms with van der Waals surface area (Å²) in [4.78, 5) is 31.8. The minimum absolute atomic E-state index is 0.0136. The van der Waals surface area contributed by atoms with Gasteiger partial charge in [-0.05, 0) is 31.9 Å². The number of piperidine rings is 1. The Kier molecular flexibility index (Phi) is 5.30. The first-order valence-corrected chi connectivity index (χ1v) is 9.91. The molecular weight excluding hydrogens is 364 g/mol. The SMILES string of the molecule is COC(=O)C1CCN(C(=O)c2cc(-c3ccc(C)cc3)nc3ccccc23)CC1. The Balaban J connectivity index is 1.68. The highest BCUT2D eigenvalue weighted by atomic mass is 16.5. The maximum Gasteiger partial charge on any atom is 0.308 e. The largest absolute Gasteiger partial charge is 0.469 e. The van der Waals surface area contributed by atoms with Gasteiger partial charge in [-0.3, -0.25) is 9.59 Å². The van der Waals surface area contributed by atoms with Gasteiger partial charge in [-0.15, -0.1) is 0 Å². The summed E-state index contributed by atoms with van der Waals surface area (Å²) in [6.07, 6.45) is 1.26. The molecule has 3 aromatic rings. The maximum absolute atomic E-state index is 13.4. The van der Waals surface area contributed by atoms with Crippen LogP contribution >= 0.6 is 0 Å². The van der Waals surface area contributed by atoms with E-state index in [1.165, 1.54) is 12.7 Å². The van der Waals surface area contributed by atoms with E-state index in [4.69, 9.17) is 9.72 Å². The van der Waals surface area contributed by atoms with Gasteiger partial charge in [-0.1, -0.05) is 48.0 Å². The molecule has 0 aliphatic carbocycles. The third kappa shape index (κ3) is 3.86. The lowest BCUT2D eigenvalue weighted by atomic mass is 9.95. The molecular formula is C24H24N2O3. The molecule has 1 fully saturated rings. The molecule has 0 atom stereocenters. The molecule has 0 saturated carbocycles. The van der Waals surface area contributed by atoms with Crippen molar-refractivity contribution in [3.63, 3.8) is 0 Å². The molecule has 29 heavy (non-hydrogen) atoms. The summed E-state index contributed by atoms with van der Waals surface area (Å²) >= 11 is 0. The Labute approximate surface area is 170 Å². The van der Waals surface area contributed by atoms with Crippen molar-refractivity contribution in [3.05, 3.63) is 65.7 Å². The van der Waals surface area contributed by atoms with Crippen molar-refractivity contribution >= 4 is 22.8 Å². The van der Waals surface area contributed by atoms with Crippen LogP contribution in [0.5, 0.6) is 0 Å². The van der Waals surface area contributed by atoms with Gasteiger partial charge in [0.05, 0.1) is 29.8 Å². The fourth-order valence-electron chi connectivity index (χ4n) is 3.88. The molecule has 0 unspecified atom stereocenters. The van der Waals surface area contributed by atoms with Crippen molar-refractivity contribution in [2.45, 2.75) is 19.8 Å². The normalized spacial score (nSPS) is 14.8. The van der Waals surface area contributed by atoms with Gasteiger partial charge in [0.1, 0.15) is 0 Å². The van der Waals surface area contributed by atoms with Crippen molar-refractivity contribution in [3.8, 4) is 11.3 Å². The standard InChI is InChI=1S/C24H24N2O3/c1-16-7-9-17(10-8-16)22-15-20(19-5-3-4-6-21(19)25-22)23(27)26-13-11-18(12-14-26)24(28)29-2/h3-10,15,18H,11-14H2,1-2H3. The van der Waals surface area contributed by atoms with E-state index in [0.29, 0.717) is 31.5 Å². The first-order valence-electron chi connectivity index (χ1n) is 9.91. The Morgan fingerprint density at radius 2 is 1.72 bits per heavy atom. The van der Waals surface area contributed by atoms with Crippen LogP contribution in [0.2, 0.25) is 0 Å². The molecule has 5 heteroatoms. The molecule has 148 valence electrons. The van der Waals surface area contributed by atoms with Crippen LogP contribution in [0, 0.1) is 12.8 Å². The van der Waals surface area contributed by atoms with Crippen molar-refractivity contribution < 1.29 is 14.3 Å². The van der Waals surface area contributed by atoms with Crippen LogP contribution in [-0.4, -0.2) is 42.0 Å². The van der Waals surface area contributed by atoms with Crippen molar-refractivity contribution in [1.29, 1.82) is 0 Å². The second-order valence-electron chi connectivity index (χ2n) is 7.53. The average molecular weight is 388 g/mol. The summed E-state index contributed by atoms with van der Waals surface area (Å²) in [5, 5.41) is 0.850. The number of carbonyl (C=O) groups excluding carboxylic acids is 2. The number of pyridine rings is 1. The Morgan fingerprint density at radius 3 is 2.41 bits per heavy atom. The van der Waals surface area contributed by atoms with Gasteiger partial charge >= 0.3 is 5.97 Å². The van der Waals surface area contributed by atoms with Crippen LogP contribution in [0.25, 0.3) is 22.2 Å². The van der Waals surface area contributed by atoms with Crippen LogP contribution in [0.15, 0.2) is 54.6 Å². The van der Waals surface area contributed by atoms with E-state index in [0.717, 1.165) is 22.2 Å². The first-order chi connectivity index (χ1) is 14.1. The lowest BCUT2D eigenvalue weighted by Gasteiger charge is -2.31. The molecule has 1 aromatic heterocycles. The monoisotopic (exact) mass is 388 g/mol. The first kappa shape index (κ1) is 19.1. The number of aryl methyl sites for hydroxylation is 1. The summed E-state index contributed by atoms with van der Waals surface area (Å²) < 4.78 is 4.85. The van der Waals surface area contributed by atoms with E-state index in [1.54, 1.807) is 0 Å². The van der Waals surface area contributed by atoms with Gasteiger partial charge in [0.25, 0.3) is 5.91 Å². The third-order valence-corrected chi connectivity index (χ3v) is 5.61. The average Bonchev–Trinajstić information content (AvgIpc) is 2.78. The highest BCUT2D eigenvalue weighted by Crippen LogP contribution is 2.28. The van der Waals surface area contributed by atoms with E-state index in [2.05, 4.69) is 0 Å². The lowest BCUT2D eigenvalue weighted by molar-refractivity contribution is -0.146. The van der Waals surface area contributed by atoms with Crippen molar-refractivity contribution in [1.82, 2.24) is 9.88 Å². The number of nitrogens with zero attached hydrogens (tertiary/aromatic N) is 2. The second kappa shape index (κ2) is 8.03. The molecule has 1 saturated heterocycles. The molecule has 1 aliphatic rings. The third-order valence-electron chi connectivity index (χ3n) is 5.61. The highest BCUT2D eigenvalue weighted by molar-refractivity contribution is 6.07. The molecule has 0 bridgehead atoms.